The first-order valence-corrected chi connectivity index (χ1v) is 7.91. The lowest BCUT2D eigenvalue weighted by molar-refractivity contribution is 0.318. The zero-order valence-electron chi connectivity index (χ0n) is 10.4. The maximum Gasteiger partial charge on any atom is 0.170 e. The van der Waals surface area contributed by atoms with Gasteiger partial charge in [-0.15, -0.1) is 11.8 Å². The molecule has 0 heterocycles. The molecule has 2 aromatic rings. The van der Waals surface area contributed by atoms with Gasteiger partial charge in [0.15, 0.2) is 5.84 Å². The molecular weight excluding hydrogens is 360 g/mol. The predicted molar refractivity (Wildman–Crippen MR) is 87.7 cm³/mol. The molecule has 0 aliphatic heterocycles. The highest BCUT2D eigenvalue weighted by molar-refractivity contribution is 9.10. The fraction of sp³-hybridized carbons (Fsp3) is 0.0714. The summed E-state index contributed by atoms with van der Waals surface area (Å²) >= 11 is 11.4. The number of rotatable bonds is 4. The molecular formula is C14H12BrClN2OS. The van der Waals surface area contributed by atoms with E-state index in [4.69, 9.17) is 22.5 Å². The van der Waals surface area contributed by atoms with Gasteiger partial charge in [0, 0.05) is 25.7 Å². The van der Waals surface area contributed by atoms with Gasteiger partial charge in [-0.25, -0.2) is 0 Å². The summed E-state index contributed by atoms with van der Waals surface area (Å²) in [5.74, 6) is 0.801. The molecule has 3 nitrogen and oxygen atoms in total. The third kappa shape index (κ3) is 3.69. The van der Waals surface area contributed by atoms with Crippen LogP contribution < -0.4 is 5.73 Å². The molecule has 2 aromatic carbocycles. The van der Waals surface area contributed by atoms with Crippen molar-refractivity contribution in [1.82, 2.24) is 0 Å². The Morgan fingerprint density at radius 3 is 2.70 bits per heavy atom. The Bertz CT molecular complexity index is 649. The van der Waals surface area contributed by atoms with Gasteiger partial charge in [-0.2, -0.15) is 0 Å². The van der Waals surface area contributed by atoms with E-state index in [1.54, 1.807) is 23.9 Å². The SMILES string of the molecule is N/C(=N/O)c1ccc(CSc2ccccc2Br)c(Cl)c1. The first kappa shape index (κ1) is 15.2. The van der Waals surface area contributed by atoms with Crippen LogP contribution in [0.5, 0.6) is 0 Å². The maximum absolute atomic E-state index is 8.64. The van der Waals surface area contributed by atoms with Crippen molar-refractivity contribution in [1.29, 1.82) is 0 Å². The summed E-state index contributed by atoms with van der Waals surface area (Å²) in [4.78, 5) is 1.16. The average molecular weight is 372 g/mol. The topological polar surface area (TPSA) is 58.6 Å². The van der Waals surface area contributed by atoms with Crippen LogP contribution in [0.3, 0.4) is 0 Å². The minimum atomic E-state index is 0.0527. The highest BCUT2D eigenvalue weighted by Gasteiger charge is 2.07. The van der Waals surface area contributed by atoms with Crippen molar-refractivity contribution >= 4 is 45.1 Å². The molecule has 0 spiro atoms. The van der Waals surface area contributed by atoms with E-state index in [2.05, 4.69) is 21.1 Å². The van der Waals surface area contributed by atoms with Gasteiger partial charge < -0.3 is 10.9 Å². The molecule has 0 radical (unpaired) electrons. The van der Waals surface area contributed by atoms with E-state index in [1.165, 1.54) is 0 Å². The molecule has 0 unspecified atom stereocenters. The van der Waals surface area contributed by atoms with Crippen molar-refractivity contribution in [3.63, 3.8) is 0 Å². The van der Waals surface area contributed by atoms with E-state index in [-0.39, 0.29) is 5.84 Å². The Balaban J connectivity index is 2.13. The van der Waals surface area contributed by atoms with Crippen LogP contribution in [0.4, 0.5) is 0 Å². The summed E-state index contributed by atoms with van der Waals surface area (Å²) in [6, 6.07) is 13.4. The first-order valence-electron chi connectivity index (χ1n) is 5.75. The van der Waals surface area contributed by atoms with Crippen molar-refractivity contribution in [2.24, 2.45) is 10.9 Å². The summed E-state index contributed by atoms with van der Waals surface area (Å²) in [5, 5.41) is 12.2. The van der Waals surface area contributed by atoms with E-state index in [9.17, 15) is 0 Å². The van der Waals surface area contributed by atoms with Crippen LogP contribution in [-0.2, 0) is 5.75 Å². The van der Waals surface area contributed by atoms with Crippen molar-refractivity contribution < 1.29 is 5.21 Å². The second-order valence-corrected chi connectivity index (χ2v) is 6.29. The monoisotopic (exact) mass is 370 g/mol. The zero-order valence-corrected chi connectivity index (χ0v) is 13.5. The maximum atomic E-state index is 8.64. The lowest BCUT2D eigenvalue weighted by atomic mass is 10.1. The van der Waals surface area contributed by atoms with Crippen LogP contribution in [0.15, 0.2) is 57.0 Å². The Morgan fingerprint density at radius 2 is 2.05 bits per heavy atom. The van der Waals surface area contributed by atoms with Gasteiger partial charge in [0.2, 0.25) is 0 Å². The number of nitrogens with two attached hydrogens (primary N) is 1. The van der Waals surface area contributed by atoms with Crippen LogP contribution in [0.1, 0.15) is 11.1 Å². The standard InChI is InChI=1S/C14H12BrClN2OS/c15-11-3-1-2-4-13(11)20-8-10-6-5-9(7-12(10)16)14(17)18-19/h1-7,19H,8H2,(H2,17,18). The second kappa shape index (κ2) is 7.02. The number of benzene rings is 2. The Kier molecular flexibility index (Phi) is 5.34. The fourth-order valence-corrected chi connectivity index (χ4v) is 3.50. The smallest absolute Gasteiger partial charge is 0.170 e. The molecule has 0 saturated heterocycles. The Labute approximate surface area is 134 Å². The number of halogens is 2. The second-order valence-electron chi connectivity index (χ2n) is 4.01. The highest BCUT2D eigenvalue weighted by atomic mass is 79.9. The van der Waals surface area contributed by atoms with E-state index < -0.39 is 0 Å². The fourth-order valence-electron chi connectivity index (χ4n) is 1.60. The van der Waals surface area contributed by atoms with Gasteiger partial charge in [-0.1, -0.05) is 41.0 Å². The van der Waals surface area contributed by atoms with Crippen molar-refractivity contribution in [2.45, 2.75) is 10.6 Å². The lowest BCUT2D eigenvalue weighted by Crippen LogP contribution is -2.12. The van der Waals surface area contributed by atoms with Crippen LogP contribution in [0.2, 0.25) is 5.02 Å². The predicted octanol–water partition coefficient (Wildman–Crippen LogP) is 4.49. The Hall–Kier alpha value is -1.17. The normalized spacial score (nSPS) is 11.6. The molecule has 20 heavy (non-hydrogen) atoms. The highest BCUT2D eigenvalue weighted by Crippen LogP contribution is 2.31. The summed E-state index contributed by atoms with van der Waals surface area (Å²) in [7, 11) is 0. The largest absolute Gasteiger partial charge is 0.409 e. The van der Waals surface area contributed by atoms with Gasteiger partial charge in [0.25, 0.3) is 0 Å². The lowest BCUT2D eigenvalue weighted by Gasteiger charge is -2.07. The molecule has 2 rings (SSSR count). The van der Waals surface area contributed by atoms with Crippen LogP contribution in [0, 0.1) is 0 Å². The molecule has 6 heteroatoms. The van der Waals surface area contributed by atoms with Gasteiger partial charge in [0.1, 0.15) is 0 Å². The van der Waals surface area contributed by atoms with E-state index in [0.717, 1.165) is 20.7 Å². The Morgan fingerprint density at radius 1 is 1.30 bits per heavy atom. The van der Waals surface area contributed by atoms with E-state index in [1.807, 2.05) is 30.3 Å². The molecule has 0 amide bonds. The molecule has 0 aliphatic rings. The quantitative estimate of drug-likeness (QED) is 0.274. The van der Waals surface area contributed by atoms with Gasteiger partial charge in [-0.05, 0) is 39.7 Å². The van der Waals surface area contributed by atoms with Crippen molar-refractivity contribution in [3.8, 4) is 0 Å². The summed E-state index contributed by atoms with van der Waals surface area (Å²) in [6.45, 7) is 0. The first-order chi connectivity index (χ1) is 9.61. The number of thioether (sulfide) groups is 1. The number of hydrogen-bond donors (Lipinski definition) is 2. The van der Waals surface area contributed by atoms with E-state index in [0.29, 0.717) is 10.6 Å². The molecule has 0 aromatic heterocycles. The molecule has 104 valence electrons. The zero-order chi connectivity index (χ0) is 14.5. The summed E-state index contributed by atoms with van der Waals surface area (Å²) in [5.41, 5.74) is 7.13. The molecule has 0 fully saturated rings. The number of hydrogen-bond acceptors (Lipinski definition) is 3. The van der Waals surface area contributed by atoms with Gasteiger partial charge in [-0.3, -0.25) is 0 Å². The molecule has 0 saturated carbocycles. The molecule has 0 atom stereocenters. The third-order valence-electron chi connectivity index (χ3n) is 2.68. The summed E-state index contributed by atoms with van der Waals surface area (Å²) < 4.78 is 1.06. The number of nitrogens with zero attached hydrogens (tertiary/aromatic N) is 1. The molecule has 0 bridgehead atoms. The number of oxime groups is 1. The van der Waals surface area contributed by atoms with Crippen LogP contribution in [0.25, 0.3) is 0 Å². The van der Waals surface area contributed by atoms with Crippen LogP contribution in [-0.4, -0.2) is 11.0 Å². The van der Waals surface area contributed by atoms with Crippen LogP contribution >= 0.6 is 39.3 Å². The van der Waals surface area contributed by atoms with Gasteiger partial charge in [0.05, 0.1) is 0 Å². The summed E-state index contributed by atoms with van der Waals surface area (Å²) in [6.07, 6.45) is 0. The minimum absolute atomic E-state index is 0.0527. The minimum Gasteiger partial charge on any atom is -0.409 e. The van der Waals surface area contributed by atoms with Crippen molar-refractivity contribution in [3.05, 3.63) is 63.1 Å². The van der Waals surface area contributed by atoms with Gasteiger partial charge >= 0.3 is 0 Å². The third-order valence-corrected chi connectivity index (χ3v) is 5.10. The number of amidine groups is 1. The average Bonchev–Trinajstić information content (AvgIpc) is 2.46. The molecule has 3 N–H and O–H groups in total. The van der Waals surface area contributed by atoms with Crippen molar-refractivity contribution in [2.75, 3.05) is 0 Å². The van der Waals surface area contributed by atoms with E-state index >= 15 is 0 Å². The molecule has 0 aliphatic carbocycles.